The van der Waals surface area contributed by atoms with E-state index < -0.39 is 40.7 Å². The Bertz CT molecular complexity index is 483. The van der Waals surface area contributed by atoms with E-state index in [2.05, 4.69) is 5.32 Å². The lowest BCUT2D eigenvalue weighted by molar-refractivity contribution is -0.121. The van der Waals surface area contributed by atoms with Crippen LogP contribution in [0.5, 0.6) is 0 Å². The van der Waals surface area contributed by atoms with Crippen LogP contribution in [0.1, 0.15) is 10.4 Å². The molecule has 8 heteroatoms. The van der Waals surface area contributed by atoms with Gasteiger partial charge in [0, 0.05) is 28.2 Å². The van der Waals surface area contributed by atoms with Gasteiger partial charge in [0.1, 0.15) is 24.4 Å². The van der Waals surface area contributed by atoms with Crippen LogP contribution in [0.3, 0.4) is 0 Å². The van der Waals surface area contributed by atoms with Gasteiger partial charge in [-0.2, -0.15) is 0 Å². The molecule has 0 aliphatic heterocycles. The van der Waals surface area contributed by atoms with Crippen molar-refractivity contribution in [3.05, 3.63) is 35.9 Å². The number of aliphatic hydroxyl groups is 4. The number of rotatable bonds is 7. The second-order valence-electron chi connectivity index (χ2n) is 4.35. The Kier molecular flexibility index (Phi) is 7.18. The first-order valence-electron chi connectivity index (χ1n) is 6.08. The number of benzene rings is 1. The zero-order chi connectivity index (χ0) is 16.0. The summed E-state index contributed by atoms with van der Waals surface area (Å²) in [5.74, 6) is -0.602. The highest BCUT2D eigenvalue weighted by molar-refractivity contribution is 14.1. The molecule has 0 saturated heterocycles. The molecule has 116 valence electrons. The van der Waals surface area contributed by atoms with Crippen molar-refractivity contribution in [2.24, 2.45) is 0 Å². The number of carbonyl (C=O) groups is 2. The zero-order valence-corrected chi connectivity index (χ0v) is 13.0. The number of hydrogen-bond acceptors (Lipinski definition) is 6. The van der Waals surface area contributed by atoms with Gasteiger partial charge >= 0.3 is 0 Å². The molecule has 0 radical (unpaired) electrons. The van der Waals surface area contributed by atoms with Crippen LogP contribution < -0.4 is 5.32 Å². The third-order valence-corrected chi connectivity index (χ3v) is 3.51. The number of aliphatic hydroxyl groups excluding tert-OH is 4. The van der Waals surface area contributed by atoms with Crippen LogP contribution in [0.15, 0.2) is 30.3 Å². The predicted octanol–water partition coefficient (Wildman–Crippen LogP) is -1.18. The van der Waals surface area contributed by atoms with Crippen LogP contribution in [-0.4, -0.2) is 61.1 Å². The van der Waals surface area contributed by atoms with Crippen molar-refractivity contribution in [3.63, 3.8) is 0 Å². The summed E-state index contributed by atoms with van der Waals surface area (Å²) in [5.41, 5.74) is 0.282. The average molecular weight is 409 g/mol. The van der Waals surface area contributed by atoms with Crippen molar-refractivity contribution in [1.29, 1.82) is 0 Å². The van der Waals surface area contributed by atoms with Crippen molar-refractivity contribution >= 4 is 32.3 Å². The lowest BCUT2D eigenvalue weighted by Crippen LogP contribution is -2.55. The molecule has 0 spiro atoms. The van der Waals surface area contributed by atoms with Gasteiger partial charge in [0.05, 0.1) is 6.61 Å². The summed E-state index contributed by atoms with van der Waals surface area (Å²) >= 11 is 1.37. The second-order valence-corrected chi connectivity index (χ2v) is 5.42. The lowest BCUT2D eigenvalue weighted by atomic mass is 10.0. The highest BCUT2D eigenvalue weighted by Gasteiger charge is 2.35. The van der Waals surface area contributed by atoms with Gasteiger partial charge in [-0.1, -0.05) is 18.2 Å². The second kappa shape index (κ2) is 8.39. The Morgan fingerprint density at radius 1 is 1.10 bits per heavy atom. The van der Waals surface area contributed by atoms with E-state index in [-0.39, 0.29) is 5.56 Å². The first-order chi connectivity index (χ1) is 9.88. The van der Waals surface area contributed by atoms with E-state index in [9.17, 15) is 24.9 Å². The largest absolute Gasteiger partial charge is 0.394 e. The van der Waals surface area contributed by atoms with Crippen molar-refractivity contribution in [3.8, 4) is 0 Å². The van der Waals surface area contributed by atoms with E-state index in [1.807, 2.05) is 0 Å². The minimum Gasteiger partial charge on any atom is -0.394 e. The van der Waals surface area contributed by atoms with E-state index in [4.69, 9.17) is 5.11 Å². The number of halogens is 1. The molecule has 0 aliphatic carbocycles. The van der Waals surface area contributed by atoms with Crippen LogP contribution in [0.2, 0.25) is 0 Å². The molecule has 4 atom stereocenters. The van der Waals surface area contributed by atoms with Gasteiger partial charge in [-0.3, -0.25) is 9.59 Å². The van der Waals surface area contributed by atoms with Crippen molar-refractivity contribution in [2.75, 3.05) is 6.61 Å². The third kappa shape index (κ3) is 5.00. The number of carbonyl (C=O) groups excluding carboxylic acids is 2. The fourth-order valence-corrected chi connectivity index (χ4v) is 2.15. The molecule has 21 heavy (non-hydrogen) atoms. The van der Waals surface area contributed by atoms with E-state index in [0.29, 0.717) is 0 Å². The predicted molar refractivity (Wildman–Crippen MR) is 81.8 cm³/mol. The molecule has 0 aliphatic rings. The summed E-state index contributed by atoms with van der Waals surface area (Å²) in [7, 11) is 0. The summed E-state index contributed by atoms with van der Waals surface area (Å²) in [4.78, 5) is 23.5. The summed E-state index contributed by atoms with van der Waals surface area (Å²) in [6.07, 6.45) is -5.13. The van der Waals surface area contributed by atoms with Crippen LogP contribution in [0.4, 0.5) is 0 Å². The molecule has 7 nitrogen and oxygen atoms in total. The van der Waals surface area contributed by atoms with Gasteiger partial charge in [0.25, 0.3) is 5.91 Å². The maximum atomic E-state index is 12.0. The third-order valence-electron chi connectivity index (χ3n) is 2.84. The fraction of sp³-hybridized carbons (Fsp3) is 0.385. The summed E-state index contributed by atoms with van der Waals surface area (Å²) in [6, 6.07) is 6.63. The molecule has 1 amide bonds. The quantitative estimate of drug-likeness (QED) is 0.285. The summed E-state index contributed by atoms with van der Waals surface area (Å²) in [5, 5.41) is 39.8. The van der Waals surface area contributed by atoms with Crippen molar-refractivity contribution < 1.29 is 30.0 Å². The number of hydrogen-bond donors (Lipinski definition) is 5. The Morgan fingerprint density at radius 2 is 1.67 bits per heavy atom. The van der Waals surface area contributed by atoms with Crippen LogP contribution in [0.25, 0.3) is 0 Å². The minimum absolute atomic E-state index is 0.282. The van der Waals surface area contributed by atoms with E-state index in [1.165, 1.54) is 34.7 Å². The number of nitrogens with one attached hydrogen (secondary N) is 1. The van der Waals surface area contributed by atoms with Gasteiger partial charge in [0.2, 0.25) is 3.79 Å². The monoisotopic (exact) mass is 409 g/mol. The molecule has 1 aromatic carbocycles. The molecule has 1 aromatic rings. The highest BCUT2D eigenvalue weighted by atomic mass is 127. The maximum Gasteiger partial charge on any atom is 0.251 e. The fourth-order valence-electron chi connectivity index (χ4n) is 1.62. The molecule has 0 unspecified atom stereocenters. The molecule has 0 aromatic heterocycles. The van der Waals surface area contributed by atoms with Crippen LogP contribution >= 0.6 is 22.6 Å². The molecular formula is C13H16INO6. The van der Waals surface area contributed by atoms with E-state index in [0.717, 1.165) is 0 Å². The topological polar surface area (TPSA) is 127 Å². The van der Waals surface area contributed by atoms with E-state index >= 15 is 0 Å². The van der Waals surface area contributed by atoms with E-state index in [1.54, 1.807) is 18.2 Å². The van der Waals surface area contributed by atoms with Gasteiger partial charge in [-0.15, -0.1) is 0 Å². The van der Waals surface area contributed by atoms with Crippen LogP contribution in [0, 0.1) is 0 Å². The number of amides is 1. The Balaban J connectivity index is 2.83. The van der Waals surface area contributed by atoms with Gasteiger partial charge < -0.3 is 25.7 Å². The van der Waals surface area contributed by atoms with Gasteiger partial charge in [-0.05, 0) is 12.1 Å². The molecule has 1 rings (SSSR count). The lowest BCUT2D eigenvalue weighted by Gasteiger charge is -2.27. The zero-order valence-electron chi connectivity index (χ0n) is 10.9. The molecule has 0 saturated carbocycles. The highest BCUT2D eigenvalue weighted by Crippen LogP contribution is 2.10. The first-order valence-corrected chi connectivity index (χ1v) is 7.16. The van der Waals surface area contributed by atoms with Crippen molar-refractivity contribution in [1.82, 2.24) is 5.32 Å². The van der Waals surface area contributed by atoms with Gasteiger partial charge in [-0.25, -0.2) is 0 Å². The Morgan fingerprint density at radius 3 is 2.14 bits per heavy atom. The normalized spacial score (nSPS) is 16.6. The van der Waals surface area contributed by atoms with Crippen molar-refractivity contribution in [2.45, 2.75) is 24.4 Å². The Labute approximate surface area is 134 Å². The van der Waals surface area contributed by atoms with Gasteiger partial charge in [0.15, 0.2) is 0 Å². The Hall–Kier alpha value is -1.07. The maximum absolute atomic E-state index is 12.0. The first kappa shape index (κ1) is 18.0. The SMILES string of the molecule is O=C(N[C@@H](C(=O)I)[C@@H](O)[C@H](O)[C@H](O)CO)c1ccccc1. The molecular weight excluding hydrogens is 393 g/mol. The molecule has 0 heterocycles. The molecule has 5 N–H and O–H groups in total. The molecule has 0 bridgehead atoms. The standard InChI is InChI=1S/C13H16INO6/c14-12(20)9(11(19)10(18)8(17)6-16)15-13(21)7-4-2-1-3-5-7/h1-5,8-11,16-19H,6H2,(H,15,21)/t8-,9-,10-,11-/m1/s1. The molecule has 0 fully saturated rings. The minimum atomic E-state index is -1.77. The smallest absolute Gasteiger partial charge is 0.251 e. The summed E-state index contributed by atoms with van der Waals surface area (Å²) in [6.45, 7) is -0.785. The average Bonchev–Trinajstić information content (AvgIpc) is 2.50. The summed E-state index contributed by atoms with van der Waals surface area (Å²) < 4.78 is -0.617. The van der Waals surface area contributed by atoms with Crippen LogP contribution in [-0.2, 0) is 4.79 Å².